The van der Waals surface area contributed by atoms with Crippen molar-refractivity contribution < 1.29 is 20.4 Å². The van der Waals surface area contributed by atoms with Crippen LogP contribution in [0.15, 0.2) is 11.6 Å². The molecule has 0 bridgehead atoms. The van der Waals surface area contributed by atoms with E-state index in [1.807, 2.05) is 6.92 Å². The van der Waals surface area contributed by atoms with Crippen LogP contribution >= 0.6 is 0 Å². The molecule has 194 valence electrons. The summed E-state index contributed by atoms with van der Waals surface area (Å²) in [4.78, 5) is 0. The van der Waals surface area contributed by atoms with Crippen molar-refractivity contribution in [3.63, 3.8) is 0 Å². The van der Waals surface area contributed by atoms with Crippen LogP contribution in [0.3, 0.4) is 0 Å². The van der Waals surface area contributed by atoms with Gasteiger partial charge in [0, 0.05) is 11.8 Å². The molecule has 0 amide bonds. The highest BCUT2D eigenvalue weighted by molar-refractivity contribution is 5.33. The molecule has 5 rings (SSSR count). The van der Waals surface area contributed by atoms with Gasteiger partial charge in [0.05, 0.1) is 24.9 Å². The monoisotopic (exact) mass is 474 g/mol. The molecule has 2 spiro atoms. The van der Waals surface area contributed by atoms with Crippen molar-refractivity contribution in [1.29, 1.82) is 0 Å². The first kappa shape index (κ1) is 25.2. The van der Waals surface area contributed by atoms with Crippen LogP contribution < -0.4 is 0 Å². The maximum absolute atomic E-state index is 11.5. The van der Waals surface area contributed by atoms with Crippen molar-refractivity contribution in [1.82, 2.24) is 0 Å². The summed E-state index contributed by atoms with van der Waals surface area (Å²) in [5.74, 6) is 1.70. The highest BCUT2D eigenvalue weighted by atomic mass is 16.3. The number of hydrogen-bond donors (Lipinski definition) is 4. The molecule has 0 heterocycles. The van der Waals surface area contributed by atoms with E-state index >= 15 is 0 Å². The Labute approximate surface area is 207 Å². The standard InChI is InChI=1S/C30H50O4/c1-18(16-31)8-7-9-19(2)25-20(32)15-28(6)22-11-10-21-26(3,4)23(33)14-24(34)30(21)17-29(22,30)13-12-27(25,28)5/h8,19-25,31-34H,7,9-17H2,1-6H3/b18-8+/t19-,20+,21+,22+,23+,24+,25+,27-,28+,29+,30-/m1/s1. The second kappa shape index (κ2) is 7.79. The Kier molecular flexibility index (Phi) is 5.78. The molecule has 0 aliphatic heterocycles. The number of aliphatic hydroxyl groups excluding tert-OH is 4. The number of allylic oxidation sites excluding steroid dienone is 1. The van der Waals surface area contributed by atoms with E-state index in [2.05, 4.69) is 40.7 Å². The Morgan fingerprint density at radius 1 is 0.971 bits per heavy atom. The van der Waals surface area contributed by atoms with Crippen LogP contribution in [0.5, 0.6) is 0 Å². The quantitative estimate of drug-likeness (QED) is 0.419. The molecule has 5 fully saturated rings. The van der Waals surface area contributed by atoms with Gasteiger partial charge < -0.3 is 20.4 Å². The van der Waals surface area contributed by atoms with E-state index in [4.69, 9.17) is 0 Å². The zero-order chi connectivity index (χ0) is 24.9. The van der Waals surface area contributed by atoms with E-state index in [9.17, 15) is 20.4 Å². The van der Waals surface area contributed by atoms with Gasteiger partial charge in [-0.05, 0) is 104 Å². The van der Waals surface area contributed by atoms with Crippen molar-refractivity contribution in [3.05, 3.63) is 11.6 Å². The van der Waals surface area contributed by atoms with Gasteiger partial charge in [-0.15, -0.1) is 0 Å². The lowest BCUT2D eigenvalue weighted by atomic mass is 9.41. The average molecular weight is 475 g/mol. The molecular formula is C30H50O4. The summed E-state index contributed by atoms with van der Waals surface area (Å²) in [6.07, 6.45) is 10.2. The van der Waals surface area contributed by atoms with E-state index < -0.39 is 6.10 Å². The summed E-state index contributed by atoms with van der Waals surface area (Å²) >= 11 is 0. The van der Waals surface area contributed by atoms with E-state index in [0.717, 1.165) is 44.1 Å². The first-order valence-electron chi connectivity index (χ1n) is 14.1. The summed E-state index contributed by atoms with van der Waals surface area (Å²) in [7, 11) is 0. The average Bonchev–Trinajstić information content (AvgIpc) is 3.40. The Balaban J connectivity index is 1.44. The number of rotatable bonds is 5. The van der Waals surface area contributed by atoms with Crippen LogP contribution in [0.1, 0.15) is 99.3 Å². The normalized spacial score (nSPS) is 54.5. The molecule has 4 nitrogen and oxygen atoms in total. The summed E-state index contributed by atoms with van der Waals surface area (Å²) in [6, 6.07) is 0. The zero-order valence-electron chi connectivity index (χ0n) is 22.5. The summed E-state index contributed by atoms with van der Waals surface area (Å²) in [5, 5.41) is 43.2. The van der Waals surface area contributed by atoms with Gasteiger partial charge in [-0.25, -0.2) is 0 Å². The van der Waals surface area contributed by atoms with Gasteiger partial charge in [-0.3, -0.25) is 0 Å². The van der Waals surface area contributed by atoms with Gasteiger partial charge in [0.25, 0.3) is 0 Å². The molecule has 0 aromatic carbocycles. The van der Waals surface area contributed by atoms with E-state index in [0.29, 0.717) is 30.1 Å². The summed E-state index contributed by atoms with van der Waals surface area (Å²) in [6.45, 7) is 13.9. The van der Waals surface area contributed by atoms with E-state index in [1.54, 1.807) is 0 Å². The molecule has 0 aromatic heterocycles. The third-order valence-corrected chi connectivity index (χ3v) is 13.2. The van der Waals surface area contributed by atoms with Gasteiger partial charge in [-0.1, -0.05) is 46.3 Å². The predicted octanol–water partition coefficient (Wildman–Crippen LogP) is 5.08. The Hall–Kier alpha value is -0.420. The van der Waals surface area contributed by atoms with Crippen molar-refractivity contribution in [2.75, 3.05) is 6.61 Å². The summed E-state index contributed by atoms with van der Waals surface area (Å²) < 4.78 is 0. The number of hydrogen-bond acceptors (Lipinski definition) is 4. The molecule has 5 saturated carbocycles. The highest BCUT2D eigenvalue weighted by Crippen LogP contribution is 2.89. The lowest BCUT2D eigenvalue weighted by molar-refractivity contribution is -0.195. The molecule has 5 aliphatic rings. The van der Waals surface area contributed by atoms with Crippen LogP contribution in [0, 0.1) is 50.7 Å². The van der Waals surface area contributed by atoms with Crippen molar-refractivity contribution in [2.45, 2.75) is 118 Å². The van der Waals surface area contributed by atoms with Crippen LogP contribution in [0.4, 0.5) is 0 Å². The molecule has 0 saturated heterocycles. The third-order valence-electron chi connectivity index (χ3n) is 13.2. The molecule has 0 unspecified atom stereocenters. The van der Waals surface area contributed by atoms with Crippen LogP contribution in [0.2, 0.25) is 0 Å². The van der Waals surface area contributed by atoms with E-state index in [1.165, 1.54) is 12.8 Å². The Morgan fingerprint density at radius 3 is 2.32 bits per heavy atom. The van der Waals surface area contributed by atoms with Crippen LogP contribution in [0.25, 0.3) is 0 Å². The predicted molar refractivity (Wildman–Crippen MR) is 135 cm³/mol. The first-order chi connectivity index (χ1) is 15.8. The number of aliphatic hydroxyl groups is 4. The second-order valence-corrected chi connectivity index (χ2v) is 14.5. The first-order valence-corrected chi connectivity index (χ1v) is 14.1. The minimum Gasteiger partial charge on any atom is -0.393 e. The minimum absolute atomic E-state index is 0.0236. The lowest BCUT2D eigenvalue weighted by Crippen LogP contribution is -2.61. The van der Waals surface area contributed by atoms with Crippen molar-refractivity contribution >= 4 is 0 Å². The minimum atomic E-state index is -0.418. The molecule has 4 N–H and O–H groups in total. The fourth-order valence-electron chi connectivity index (χ4n) is 11.3. The highest BCUT2D eigenvalue weighted by Gasteiger charge is 2.85. The van der Waals surface area contributed by atoms with E-state index in [-0.39, 0.29) is 45.9 Å². The maximum atomic E-state index is 11.5. The van der Waals surface area contributed by atoms with Gasteiger partial charge in [0.1, 0.15) is 0 Å². The fourth-order valence-corrected chi connectivity index (χ4v) is 11.3. The van der Waals surface area contributed by atoms with Gasteiger partial charge in [-0.2, -0.15) is 0 Å². The fraction of sp³-hybridized carbons (Fsp3) is 0.933. The summed E-state index contributed by atoms with van der Waals surface area (Å²) in [5.41, 5.74) is 1.27. The second-order valence-electron chi connectivity index (χ2n) is 14.5. The molecule has 5 aliphatic carbocycles. The Morgan fingerprint density at radius 2 is 1.65 bits per heavy atom. The maximum Gasteiger partial charge on any atom is 0.0639 e. The van der Waals surface area contributed by atoms with Gasteiger partial charge in [0.2, 0.25) is 0 Å². The lowest BCUT2D eigenvalue weighted by Gasteiger charge is -2.63. The Bertz CT molecular complexity index is 851. The van der Waals surface area contributed by atoms with Gasteiger partial charge >= 0.3 is 0 Å². The molecule has 11 atom stereocenters. The van der Waals surface area contributed by atoms with Crippen LogP contribution in [-0.4, -0.2) is 45.3 Å². The molecular weight excluding hydrogens is 424 g/mol. The molecule has 0 radical (unpaired) electrons. The topological polar surface area (TPSA) is 80.9 Å². The van der Waals surface area contributed by atoms with Crippen molar-refractivity contribution in [2.24, 2.45) is 50.7 Å². The third kappa shape index (κ3) is 2.92. The largest absolute Gasteiger partial charge is 0.393 e. The van der Waals surface area contributed by atoms with Gasteiger partial charge in [0.15, 0.2) is 0 Å². The molecule has 0 aromatic rings. The smallest absolute Gasteiger partial charge is 0.0639 e. The molecule has 4 heteroatoms. The zero-order valence-corrected chi connectivity index (χ0v) is 22.5. The van der Waals surface area contributed by atoms with Crippen LogP contribution in [-0.2, 0) is 0 Å². The number of fused-ring (bicyclic) bond motifs is 2. The molecule has 34 heavy (non-hydrogen) atoms. The SMILES string of the molecule is C/C(=C\CC[C@@H](C)[C@H]1[C@@H](O)C[C@@]2(C)[C@@H]3CC[C@H]4C(C)(C)[C@@H](O)C[C@H](O)[C@@]45C[C@@]35CC[C@]12C)CO. The van der Waals surface area contributed by atoms with Crippen molar-refractivity contribution in [3.8, 4) is 0 Å².